The Bertz CT molecular complexity index is 932. The third kappa shape index (κ3) is 2.72. The molecule has 0 radical (unpaired) electrons. The zero-order valence-corrected chi connectivity index (χ0v) is 15.2. The summed E-state index contributed by atoms with van der Waals surface area (Å²) in [5, 5.41) is 0. The Kier molecular flexibility index (Phi) is 3.84. The average Bonchev–Trinajstić information content (AvgIpc) is 2.61. The van der Waals surface area contributed by atoms with Crippen LogP contribution in [0.4, 0.5) is 0 Å². The number of benzene rings is 2. The molecule has 2 atom stereocenters. The predicted octanol–water partition coefficient (Wildman–Crippen LogP) is 3.62. The Labute approximate surface area is 148 Å². The summed E-state index contributed by atoms with van der Waals surface area (Å²) in [6.45, 7) is 1.95. The highest BCUT2D eigenvalue weighted by Gasteiger charge is 2.37. The van der Waals surface area contributed by atoms with Crippen molar-refractivity contribution >= 4 is 10.0 Å². The summed E-state index contributed by atoms with van der Waals surface area (Å²) in [4.78, 5) is 0.345. The maximum atomic E-state index is 13.1. The summed E-state index contributed by atoms with van der Waals surface area (Å²) in [5.74, 6) is 1.08. The van der Waals surface area contributed by atoms with Gasteiger partial charge in [-0.05, 0) is 55.2 Å². The highest BCUT2D eigenvalue weighted by Crippen LogP contribution is 2.41. The van der Waals surface area contributed by atoms with Gasteiger partial charge in [-0.15, -0.1) is 0 Å². The largest absolute Gasteiger partial charge is 0.497 e. The fourth-order valence-electron chi connectivity index (χ4n) is 3.80. The van der Waals surface area contributed by atoms with Gasteiger partial charge in [0.05, 0.1) is 12.0 Å². The molecule has 0 N–H and O–H groups in total. The van der Waals surface area contributed by atoms with Crippen molar-refractivity contribution in [3.8, 4) is 5.75 Å². The first-order chi connectivity index (χ1) is 12.0. The van der Waals surface area contributed by atoms with E-state index in [-0.39, 0.29) is 12.0 Å². The summed E-state index contributed by atoms with van der Waals surface area (Å²) in [5.41, 5.74) is 3.50. The van der Waals surface area contributed by atoms with Crippen LogP contribution in [0.25, 0.3) is 0 Å². The van der Waals surface area contributed by atoms with Crippen molar-refractivity contribution in [2.75, 3.05) is 7.11 Å². The third-order valence-electron chi connectivity index (χ3n) is 5.15. The number of nitrogens with zero attached hydrogens (tertiary/aromatic N) is 1. The lowest BCUT2D eigenvalue weighted by molar-refractivity contribution is 0.329. The van der Waals surface area contributed by atoms with E-state index in [2.05, 4.69) is 6.07 Å². The van der Waals surface area contributed by atoms with E-state index in [0.29, 0.717) is 11.3 Å². The molecule has 4 rings (SSSR count). The summed E-state index contributed by atoms with van der Waals surface area (Å²) < 4.78 is 33.0. The number of fused-ring (bicyclic) bond motifs is 4. The second kappa shape index (κ2) is 5.92. The van der Waals surface area contributed by atoms with Crippen molar-refractivity contribution in [3.63, 3.8) is 0 Å². The van der Waals surface area contributed by atoms with Gasteiger partial charge in [-0.3, -0.25) is 4.31 Å². The molecule has 0 unspecified atom stereocenters. The summed E-state index contributed by atoms with van der Waals surface area (Å²) in [6, 6.07) is 13.1. The van der Waals surface area contributed by atoms with Gasteiger partial charge in [0, 0.05) is 18.2 Å². The lowest BCUT2D eigenvalue weighted by Crippen LogP contribution is -2.43. The zero-order chi connectivity index (χ0) is 17.6. The van der Waals surface area contributed by atoms with Crippen molar-refractivity contribution in [2.45, 2.75) is 36.6 Å². The minimum Gasteiger partial charge on any atom is -0.497 e. The molecule has 0 amide bonds. The Morgan fingerprint density at radius 1 is 1.12 bits per heavy atom. The van der Waals surface area contributed by atoms with Crippen LogP contribution in [-0.2, 0) is 16.4 Å². The zero-order valence-electron chi connectivity index (χ0n) is 14.3. The number of methoxy groups -OCH3 is 1. The van der Waals surface area contributed by atoms with E-state index < -0.39 is 10.0 Å². The molecule has 0 fully saturated rings. The quantitative estimate of drug-likeness (QED) is 0.845. The Balaban J connectivity index is 1.71. The standard InChI is InChI=1S/C20H21NO3S/c1-14-3-6-19(7-4-14)25(22,23)21-10-9-15-11-17(21)12-16-13-18(24-2)5-8-20(15)16/h3-10,13,15,17H,11-12H2,1-2H3/t15-,17+/m0/s1. The van der Waals surface area contributed by atoms with Gasteiger partial charge in [-0.2, -0.15) is 0 Å². The van der Waals surface area contributed by atoms with Crippen molar-refractivity contribution < 1.29 is 13.2 Å². The van der Waals surface area contributed by atoms with Crippen LogP contribution >= 0.6 is 0 Å². The van der Waals surface area contributed by atoms with E-state index in [4.69, 9.17) is 4.74 Å². The normalized spacial score (nSPS) is 21.8. The van der Waals surface area contributed by atoms with Gasteiger partial charge in [-0.1, -0.05) is 29.8 Å². The predicted molar refractivity (Wildman–Crippen MR) is 97.2 cm³/mol. The van der Waals surface area contributed by atoms with Gasteiger partial charge < -0.3 is 4.74 Å². The number of ether oxygens (including phenoxy) is 1. The highest BCUT2D eigenvalue weighted by molar-refractivity contribution is 7.89. The Morgan fingerprint density at radius 2 is 1.88 bits per heavy atom. The molecule has 0 aromatic heterocycles. The summed E-state index contributed by atoms with van der Waals surface area (Å²) >= 11 is 0. The molecule has 1 heterocycles. The molecule has 2 aromatic rings. The molecule has 2 bridgehead atoms. The maximum absolute atomic E-state index is 13.1. The highest BCUT2D eigenvalue weighted by atomic mass is 32.2. The second-order valence-corrected chi connectivity index (χ2v) is 8.60. The van der Waals surface area contributed by atoms with Crippen LogP contribution < -0.4 is 4.74 Å². The Hall–Kier alpha value is -2.27. The average molecular weight is 355 g/mol. The molecular formula is C20H21NO3S. The topological polar surface area (TPSA) is 46.6 Å². The minimum absolute atomic E-state index is 0.0547. The third-order valence-corrected chi connectivity index (χ3v) is 7.00. The van der Waals surface area contributed by atoms with Crippen LogP contribution in [0.2, 0.25) is 0 Å². The molecular weight excluding hydrogens is 334 g/mol. The molecule has 0 saturated heterocycles. The van der Waals surface area contributed by atoms with Gasteiger partial charge in [-0.25, -0.2) is 8.42 Å². The number of hydrogen-bond donors (Lipinski definition) is 0. The molecule has 130 valence electrons. The molecule has 2 aromatic carbocycles. The maximum Gasteiger partial charge on any atom is 0.264 e. The minimum atomic E-state index is -3.53. The molecule has 2 aliphatic rings. The number of allylic oxidation sites excluding steroid dienone is 1. The van der Waals surface area contributed by atoms with Gasteiger partial charge in [0.2, 0.25) is 0 Å². The first-order valence-corrected chi connectivity index (χ1v) is 9.88. The number of aryl methyl sites for hydroxylation is 1. The number of rotatable bonds is 3. The van der Waals surface area contributed by atoms with Crippen LogP contribution in [0.15, 0.2) is 59.6 Å². The monoisotopic (exact) mass is 355 g/mol. The SMILES string of the molecule is COc1ccc2c(c1)C[C@H]1C[C@@H]2C=CN1S(=O)(=O)c1ccc(C)cc1. The van der Waals surface area contributed by atoms with Crippen LogP contribution in [0.1, 0.15) is 29.0 Å². The molecule has 1 aliphatic heterocycles. The van der Waals surface area contributed by atoms with Crippen molar-refractivity contribution in [1.82, 2.24) is 4.31 Å². The van der Waals surface area contributed by atoms with E-state index in [9.17, 15) is 8.42 Å². The smallest absolute Gasteiger partial charge is 0.264 e. The van der Waals surface area contributed by atoms with Crippen molar-refractivity contribution in [1.29, 1.82) is 0 Å². The fraction of sp³-hybridized carbons (Fsp3) is 0.300. The van der Waals surface area contributed by atoms with Crippen molar-refractivity contribution in [2.24, 2.45) is 0 Å². The van der Waals surface area contributed by atoms with Crippen LogP contribution in [0, 0.1) is 6.92 Å². The van der Waals surface area contributed by atoms with Gasteiger partial charge >= 0.3 is 0 Å². The van der Waals surface area contributed by atoms with Crippen LogP contribution in [-0.4, -0.2) is 25.9 Å². The Morgan fingerprint density at radius 3 is 2.60 bits per heavy atom. The lowest BCUT2D eigenvalue weighted by atomic mass is 9.78. The molecule has 5 heteroatoms. The van der Waals surface area contributed by atoms with Crippen molar-refractivity contribution in [3.05, 3.63) is 71.4 Å². The number of hydrogen-bond acceptors (Lipinski definition) is 3. The van der Waals surface area contributed by atoms with E-state index in [1.807, 2.05) is 37.3 Å². The van der Waals surface area contributed by atoms with E-state index in [1.165, 1.54) is 15.4 Å². The van der Waals surface area contributed by atoms with Gasteiger partial charge in [0.25, 0.3) is 10.0 Å². The number of sulfonamides is 1. The van der Waals surface area contributed by atoms with Crippen LogP contribution in [0.3, 0.4) is 0 Å². The molecule has 0 saturated carbocycles. The first-order valence-electron chi connectivity index (χ1n) is 8.44. The van der Waals surface area contributed by atoms with E-state index >= 15 is 0 Å². The second-order valence-electron chi connectivity index (χ2n) is 6.75. The van der Waals surface area contributed by atoms with Crippen LogP contribution in [0.5, 0.6) is 5.75 Å². The van der Waals surface area contributed by atoms with E-state index in [0.717, 1.165) is 17.7 Å². The summed E-state index contributed by atoms with van der Waals surface area (Å²) in [7, 11) is -1.88. The fourth-order valence-corrected chi connectivity index (χ4v) is 5.31. The lowest BCUT2D eigenvalue weighted by Gasteiger charge is -2.40. The molecule has 25 heavy (non-hydrogen) atoms. The molecule has 4 nitrogen and oxygen atoms in total. The van der Waals surface area contributed by atoms with Gasteiger partial charge in [0.15, 0.2) is 0 Å². The van der Waals surface area contributed by atoms with Gasteiger partial charge in [0.1, 0.15) is 5.75 Å². The van der Waals surface area contributed by atoms with E-state index in [1.54, 1.807) is 25.4 Å². The molecule has 0 spiro atoms. The summed E-state index contributed by atoms with van der Waals surface area (Å²) in [6.07, 6.45) is 5.29. The first kappa shape index (κ1) is 16.2. The molecule has 1 aliphatic carbocycles.